The molecule has 0 spiro atoms. The number of nitrogens with zero attached hydrogens (tertiary/aromatic N) is 1. The second kappa shape index (κ2) is 4.36. The van der Waals surface area contributed by atoms with Gasteiger partial charge in [0.15, 0.2) is 0 Å². The fourth-order valence-corrected chi connectivity index (χ4v) is 1.94. The molecule has 0 atom stereocenters. The van der Waals surface area contributed by atoms with Crippen molar-refractivity contribution in [1.29, 1.82) is 5.41 Å². The summed E-state index contributed by atoms with van der Waals surface area (Å²) >= 11 is 0. The summed E-state index contributed by atoms with van der Waals surface area (Å²) in [4.78, 5) is 0. The Bertz CT molecular complexity index is 413. The molecule has 1 fully saturated rings. The van der Waals surface area contributed by atoms with Crippen LogP contribution in [0.2, 0.25) is 0 Å². The van der Waals surface area contributed by atoms with Crippen molar-refractivity contribution in [3.8, 4) is 0 Å². The van der Waals surface area contributed by atoms with E-state index >= 15 is 0 Å². The Hall–Kier alpha value is -1.27. The SMILES string of the molecule is N=C1CC(C(F)(F)C(F)(F)F)(C(F)(F)C(F)(F)F)CN1O. The van der Waals surface area contributed by atoms with Crippen LogP contribution in [0.25, 0.3) is 0 Å². The van der Waals surface area contributed by atoms with Crippen molar-refractivity contribution in [3.05, 3.63) is 0 Å². The van der Waals surface area contributed by atoms with Crippen molar-refractivity contribution in [2.75, 3.05) is 6.54 Å². The number of hydrogen-bond donors (Lipinski definition) is 2. The highest BCUT2D eigenvalue weighted by molar-refractivity contribution is 5.81. The molecular weight excluding hydrogens is 330 g/mol. The van der Waals surface area contributed by atoms with Crippen LogP contribution in [0.15, 0.2) is 0 Å². The standard InChI is InChI=1S/C8H6F10N2O/c9-5(10,7(13,14)15)4(1-3(19)20(21)2-4)6(11,12)8(16,17)18/h19,21H,1-2H2. The lowest BCUT2D eigenvalue weighted by Crippen LogP contribution is -2.66. The van der Waals surface area contributed by atoms with Gasteiger partial charge < -0.3 is 0 Å². The highest BCUT2D eigenvalue weighted by atomic mass is 19.4. The van der Waals surface area contributed by atoms with E-state index in [4.69, 9.17) is 10.6 Å². The highest BCUT2D eigenvalue weighted by Gasteiger charge is 2.86. The van der Waals surface area contributed by atoms with E-state index in [-0.39, 0.29) is 0 Å². The Balaban J connectivity index is 3.59. The molecule has 0 aliphatic carbocycles. The molecule has 13 heteroatoms. The minimum atomic E-state index is -6.73. The smallest absolute Gasteiger partial charge is 0.287 e. The molecule has 124 valence electrons. The average Bonchev–Trinajstić information content (AvgIpc) is 2.53. The molecule has 0 unspecified atom stereocenters. The van der Waals surface area contributed by atoms with Crippen LogP contribution < -0.4 is 0 Å². The third-order valence-corrected chi connectivity index (χ3v) is 3.11. The van der Waals surface area contributed by atoms with E-state index in [1.54, 1.807) is 0 Å². The predicted molar refractivity (Wildman–Crippen MR) is 45.3 cm³/mol. The third kappa shape index (κ3) is 2.21. The fourth-order valence-electron chi connectivity index (χ4n) is 1.94. The van der Waals surface area contributed by atoms with Gasteiger partial charge in [-0.2, -0.15) is 43.9 Å². The molecule has 1 saturated heterocycles. The Kier molecular flexibility index (Phi) is 3.70. The van der Waals surface area contributed by atoms with Gasteiger partial charge in [-0.1, -0.05) is 0 Å². The first-order chi connectivity index (χ1) is 9.01. The van der Waals surface area contributed by atoms with Crippen LogP contribution in [0.5, 0.6) is 0 Å². The molecule has 0 aromatic rings. The highest BCUT2D eigenvalue weighted by Crippen LogP contribution is 2.63. The zero-order valence-corrected chi connectivity index (χ0v) is 9.59. The molecule has 21 heavy (non-hydrogen) atoms. The van der Waals surface area contributed by atoms with Crippen molar-refractivity contribution >= 4 is 5.84 Å². The van der Waals surface area contributed by atoms with E-state index in [1.807, 2.05) is 0 Å². The molecule has 1 aliphatic rings. The maximum Gasteiger partial charge on any atom is 0.454 e. The zero-order chi connectivity index (χ0) is 17.1. The summed E-state index contributed by atoms with van der Waals surface area (Å²) in [6.45, 7) is -2.40. The first-order valence-electron chi connectivity index (χ1n) is 4.94. The van der Waals surface area contributed by atoms with Crippen LogP contribution in [-0.4, -0.2) is 46.8 Å². The molecule has 3 nitrogen and oxygen atoms in total. The number of hydrogen-bond acceptors (Lipinski definition) is 2. The van der Waals surface area contributed by atoms with Crippen LogP contribution in [0.1, 0.15) is 6.42 Å². The molecule has 0 aromatic carbocycles. The fraction of sp³-hybridized carbons (Fsp3) is 0.875. The van der Waals surface area contributed by atoms with Crippen molar-refractivity contribution in [1.82, 2.24) is 5.06 Å². The van der Waals surface area contributed by atoms with E-state index in [9.17, 15) is 43.9 Å². The summed E-state index contributed by atoms with van der Waals surface area (Å²) in [7, 11) is 0. The summed E-state index contributed by atoms with van der Waals surface area (Å²) in [6, 6.07) is 0. The van der Waals surface area contributed by atoms with Gasteiger partial charge in [0.05, 0.1) is 6.54 Å². The second-order valence-electron chi connectivity index (χ2n) is 4.41. The lowest BCUT2D eigenvalue weighted by molar-refractivity contribution is -0.406. The lowest BCUT2D eigenvalue weighted by atomic mass is 9.73. The van der Waals surface area contributed by atoms with Gasteiger partial charge in [-0.05, 0) is 0 Å². The first-order valence-corrected chi connectivity index (χ1v) is 4.94. The van der Waals surface area contributed by atoms with Crippen LogP contribution in [0.4, 0.5) is 43.9 Å². The number of nitrogens with one attached hydrogen (secondary N) is 1. The maximum atomic E-state index is 13.3. The number of hydroxylamine groups is 2. The molecule has 1 aliphatic heterocycles. The lowest BCUT2D eigenvalue weighted by Gasteiger charge is -2.42. The Morgan fingerprint density at radius 2 is 1.19 bits per heavy atom. The normalized spacial score (nSPS) is 21.1. The number of halogens is 10. The van der Waals surface area contributed by atoms with Crippen LogP contribution in [-0.2, 0) is 0 Å². The first kappa shape index (κ1) is 17.8. The van der Waals surface area contributed by atoms with Crippen molar-refractivity contribution in [2.24, 2.45) is 5.41 Å². The van der Waals surface area contributed by atoms with Gasteiger partial charge in [0.1, 0.15) is 11.3 Å². The van der Waals surface area contributed by atoms with Gasteiger partial charge in [0.25, 0.3) is 0 Å². The molecule has 1 heterocycles. The van der Waals surface area contributed by atoms with E-state index in [0.29, 0.717) is 0 Å². The van der Waals surface area contributed by atoms with Crippen molar-refractivity contribution in [3.63, 3.8) is 0 Å². The topological polar surface area (TPSA) is 47.3 Å². The summed E-state index contributed by atoms with van der Waals surface area (Å²) in [5.74, 6) is -14.6. The Labute approximate surface area is 109 Å². The van der Waals surface area contributed by atoms with Crippen LogP contribution in [0, 0.1) is 10.8 Å². The number of amidine groups is 1. The predicted octanol–water partition coefficient (Wildman–Crippen LogP) is 3.44. The van der Waals surface area contributed by atoms with Crippen molar-refractivity contribution in [2.45, 2.75) is 30.6 Å². The van der Waals surface area contributed by atoms with E-state index in [1.165, 1.54) is 0 Å². The van der Waals surface area contributed by atoms with E-state index < -0.39 is 53.5 Å². The van der Waals surface area contributed by atoms with Gasteiger partial charge in [-0.15, -0.1) is 0 Å². The average molecular weight is 336 g/mol. The Morgan fingerprint density at radius 1 is 0.857 bits per heavy atom. The summed E-state index contributed by atoms with van der Waals surface area (Å²) in [6.07, 6.45) is -15.8. The summed E-state index contributed by atoms with van der Waals surface area (Å²) in [5, 5.41) is 14.8. The second-order valence-corrected chi connectivity index (χ2v) is 4.41. The van der Waals surface area contributed by atoms with Crippen LogP contribution >= 0.6 is 0 Å². The number of alkyl halides is 10. The molecule has 0 radical (unpaired) electrons. The summed E-state index contributed by atoms with van der Waals surface area (Å²) in [5.41, 5.74) is -5.07. The minimum Gasteiger partial charge on any atom is -0.287 e. The van der Waals surface area contributed by atoms with Gasteiger partial charge in [-0.3, -0.25) is 10.6 Å². The van der Waals surface area contributed by atoms with E-state index in [2.05, 4.69) is 0 Å². The van der Waals surface area contributed by atoms with E-state index in [0.717, 1.165) is 0 Å². The largest absolute Gasteiger partial charge is 0.454 e. The van der Waals surface area contributed by atoms with Crippen molar-refractivity contribution < 1.29 is 49.1 Å². The quantitative estimate of drug-likeness (QED) is 0.759. The van der Waals surface area contributed by atoms with Gasteiger partial charge in [0, 0.05) is 6.42 Å². The maximum absolute atomic E-state index is 13.3. The third-order valence-electron chi connectivity index (χ3n) is 3.11. The van der Waals surface area contributed by atoms with Gasteiger partial charge >= 0.3 is 24.2 Å². The molecule has 2 N–H and O–H groups in total. The molecule has 1 rings (SSSR count). The molecule has 0 aromatic heterocycles. The number of rotatable bonds is 2. The molecule has 0 amide bonds. The van der Waals surface area contributed by atoms with Crippen LogP contribution in [0.3, 0.4) is 0 Å². The summed E-state index contributed by atoms with van der Waals surface area (Å²) < 4.78 is 127. The molecule has 0 saturated carbocycles. The monoisotopic (exact) mass is 336 g/mol. The minimum absolute atomic E-state index is 0.792. The van der Waals surface area contributed by atoms with Gasteiger partial charge in [-0.25, -0.2) is 5.06 Å². The molecule has 0 bridgehead atoms. The van der Waals surface area contributed by atoms with Gasteiger partial charge in [0.2, 0.25) is 0 Å². The molecular formula is C8H6F10N2O. The Morgan fingerprint density at radius 3 is 1.38 bits per heavy atom. The zero-order valence-electron chi connectivity index (χ0n) is 9.59.